The monoisotopic (exact) mass is 636 g/mol. The average Bonchev–Trinajstić information content (AvgIpc) is 2.95. The van der Waals surface area contributed by atoms with Gasteiger partial charge >= 0.3 is 5.69 Å². The zero-order valence-electron chi connectivity index (χ0n) is 24.2. The summed E-state index contributed by atoms with van der Waals surface area (Å²) in [6, 6.07) is 8.95. The fourth-order valence-corrected chi connectivity index (χ4v) is 7.01. The predicted molar refractivity (Wildman–Crippen MR) is 167 cm³/mol. The number of hydrogen-bond acceptors (Lipinski definition) is 8. The van der Waals surface area contributed by atoms with Crippen LogP contribution in [-0.2, 0) is 14.6 Å². The molecular weight excluding hydrogens is 607 g/mol. The number of nitrogens with zero attached hydrogens (tertiary/aromatic N) is 6. The molecule has 4 aromatic rings. The molecule has 4 heterocycles. The number of pyridine rings is 2. The lowest BCUT2D eigenvalue weighted by Crippen LogP contribution is -2.54. The van der Waals surface area contributed by atoms with Crippen molar-refractivity contribution in [1.29, 1.82) is 0 Å². The quantitative estimate of drug-likeness (QED) is 0.283. The lowest BCUT2D eigenvalue weighted by molar-refractivity contribution is -0.126. The van der Waals surface area contributed by atoms with Gasteiger partial charge in [-0.2, -0.15) is 4.98 Å². The zero-order chi connectivity index (χ0) is 31.3. The Balaban J connectivity index is 1.67. The summed E-state index contributed by atoms with van der Waals surface area (Å²) in [5.41, 5.74) is -0.0270. The molecule has 1 aliphatic carbocycles. The van der Waals surface area contributed by atoms with Crippen LogP contribution in [-0.4, -0.2) is 70.7 Å². The van der Waals surface area contributed by atoms with Crippen LogP contribution < -0.4 is 10.6 Å². The number of fused-ring (bicyclic) bond motifs is 1. The Morgan fingerprint density at radius 2 is 1.91 bits per heavy atom. The van der Waals surface area contributed by atoms with E-state index in [-0.39, 0.29) is 56.0 Å². The highest BCUT2D eigenvalue weighted by atomic mass is 35.5. The molecule has 0 unspecified atom stereocenters. The van der Waals surface area contributed by atoms with Gasteiger partial charge in [0.15, 0.2) is 15.5 Å². The Morgan fingerprint density at radius 3 is 2.55 bits per heavy atom. The number of aromatic nitrogens is 4. The number of carbonyl (C=O) groups is 1. The Hall–Kier alpha value is -4.16. The minimum Gasteiger partial charge on any atom is -0.350 e. The molecule has 10 nitrogen and oxygen atoms in total. The van der Waals surface area contributed by atoms with Crippen LogP contribution in [0.3, 0.4) is 0 Å². The molecule has 228 valence electrons. The van der Waals surface area contributed by atoms with Crippen molar-refractivity contribution in [3.05, 3.63) is 82.3 Å². The minimum atomic E-state index is -3.85. The summed E-state index contributed by atoms with van der Waals surface area (Å²) in [4.78, 5) is 43.5. The van der Waals surface area contributed by atoms with Crippen molar-refractivity contribution in [2.45, 2.75) is 43.0 Å². The maximum absolute atomic E-state index is 16.0. The summed E-state index contributed by atoms with van der Waals surface area (Å²) in [5, 5.41) is 0.461. The van der Waals surface area contributed by atoms with Gasteiger partial charge in [-0.15, -0.1) is 0 Å². The molecule has 1 amide bonds. The van der Waals surface area contributed by atoms with Crippen molar-refractivity contribution in [1.82, 2.24) is 24.4 Å². The van der Waals surface area contributed by atoms with Crippen LogP contribution in [0.5, 0.6) is 0 Å². The molecule has 0 radical (unpaired) electrons. The van der Waals surface area contributed by atoms with E-state index in [9.17, 15) is 18.0 Å². The van der Waals surface area contributed by atoms with Crippen LogP contribution in [0, 0.1) is 5.82 Å². The Labute approximate surface area is 258 Å². The minimum absolute atomic E-state index is 0.0200. The summed E-state index contributed by atoms with van der Waals surface area (Å²) >= 11 is 6.45. The second-order valence-corrected chi connectivity index (χ2v) is 13.6. The van der Waals surface area contributed by atoms with E-state index < -0.39 is 21.3 Å². The molecule has 13 heteroatoms. The molecule has 2 fully saturated rings. The Morgan fingerprint density at radius 1 is 1.16 bits per heavy atom. The summed E-state index contributed by atoms with van der Waals surface area (Å²) in [6.07, 6.45) is 6.25. The van der Waals surface area contributed by atoms with Crippen LogP contribution in [0.25, 0.3) is 28.0 Å². The first-order valence-corrected chi connectivity index (χ1v) is 16.5. The normalized spacial score (nSPS) is 17.5. The number of amides is 1. The summed E-state index contributed by atoms with van der Waals surface area (Å²) in [7, 11) is -3.85. The van der Waals surface area contributed by atoms with Crippen molar-refractivity contribution in [2.24, 2.45) is 0 Å². The zero-order valence-corrected chi connectivity index (χ0v) is 25.8. The fraction of sp³-hybridized carbons (Fsp3) is 0.323. The highest BCUT2D eigenvalue weighted by Gasteiger charge is 2.33. The molecule has 6 rings (SSSR count). The number of anilines is 1. The van der Waals surface area contributed by atoms with Crippen molar-refractivity contribution in [2.75, 3.05) is 30.8 Å². The SMILES string of the molecule is C=CC(=O)N1CCN(c2nc(=O)n(-c3c(S(C)(=O)=O)ccnc3C3CCC3)c3nc(-c4ccccc4Cl)c(F)cc23)[C@@H](C)C1. The standard InChI is InChI=1S/C31H30ClFN6O4S/c1-4-25(40)37-14-15-38(18(2)17-37)29-21-16-23(33)27(20-10-5-6-11-22(20)32)35-30(21)39(31(41)36-29)28-24(44(3,42)43)12-13-34-26(28)19-8-7-9-19/h4-6,10-13,16,18-19H,1,7-9,14-15,17H2,2-3H3/t18-/m0/s1. The van der Waals surface area contributed by atoms with Gasteiger partial charge in [-0.05, 0) is 44.0 Å². The molecule has 0 spiro atoms. The van der Waals surface area contributed by atoms with E-state index in [1.54, 1.807) is 29.2 Å². The Bertz CT molecular complexity index is 2000. The molecule has 44 heavy (non-hydrogen) atoms. The molecule has 0 N–H and O–H groups in total. The van der Waals surface area contributed by atoms with Gasteiger partial charge in [-0.25, -0.2) is 27.2 Å². The van der Waals surface area contributed by atoms with Crippen LogP contribution >= 0.6 is 11.6 Å². The third-order valence-electron chi connectivity index (χ3n) is 8.35. The molecule has 1 atom stereocenters. The largest absolute Gasteiger partial charge is 0.355 e. The molecular formula is C31H30ClFN6O4S. The fourth-order valence-electron chi connectivity index (χ4n) is 5.93. The maximum atomic E-state index is 16.0. The molecule has 1 aliphatic heterocycles. The number of halogens is 2. The summed E-state index contributed by atoms with van der Waals surface area (Å²) < 4.78 is 43.3. The van der Waals surface area contributed by atoms with E-state index in [2.05, 4.69) is 21.5 Å². The summed E-state index contributed by atoms with van der Waals surface area (Å²) in [5.74, 6) is -0.783. The van der Waals surface area contributed by atoms with E-state index >= 15 is 4.39 Å². The van der Waals surface area contributed by atoms with Crippen molar-refractivity contribution >= 4 is 44.2 Å². The van der Waals surface area contributed by atoms with E-state index in [4.69, 9.17) is 11.6 Å². The first kappa shape index (κ1) is 29.9. The van der Waals surface area contributed by atoms with Gasteiger partial charge in [0.05, 0.1) is 26.7 Å². The first-order valence-electron chi connectivity index (χ1n) is 14.2. The second-order valence-electron chi connectivity index (χ2n) is 11.2. The van der Waals surface area contributed by atoms with Crippen molar-refractivity contribution in [3.8, 4) is 16.9 Å². The number of hydrogen-bond donors (Lipinski definition) is 0. The number of rotatable bonds is 6. The van der Waals surface area contributed by atoms with E-state index in [1.165, 1.54) is 24.4 Å². The van der Waals surface area contributed by atoms with E-state index in [0.29, 0.717) is 30.9 Å². The Kier molecular flexibility index (Phi) is 7.75. The first-order chi connectivity index (χ1) is 21.0. The molecule has 3 aromatic heterocycles. The third-order valence-corrected chi connectivity index (χ3v) is 9.80. The average molecular weight is 637 g/mol. The third kappa shape index (κ3) is 5.15. The molecule has 0 bridgehead atoms. The van der Waals surface area contributed by atoms with Gasteiger partial charge in [-0.3, -0.25) is 9.78 Å². The van der Waals surface area contributed by atoms with Gasteiger partial charge in [0, 0.05) is 49.6 Å². The van der Waals surface area contributed by atoms with Gasteiger partial charge in [0.2, 0.25) is 5.91 Å². The van der Waals surface area contributed by atoms with E-state index in [0.717, 1.165) is 30.1 Å². The van der Waals surface area contributed by atoms with Gasteiger partial charge in [0.1, 0.15) is 17.3 Å². The van der Waals surface area contributed by atoms with Crippen LogP contribution in [0.15, 0.2) is 64.9 Å². The van der Waals surface area contributed by atoms with Crippen molar-refractivity contribution < 1.29 is 17.6 Å². The number of sulfone groups is 1. The number of carbonyl (C=O) groups excluding carboxylic acids is 1. The van der Waals surface area contributed by atoms with E-state index in [1.807, 2.05) is 11.8 Å². The van der Waals surface area contributed by atoms with Gasteiger partial charge in [-0.1, -0.05) is 42.8 Å². The maximum Gasteiger partial charge on any atom is 0.355 e. The lowest BCUT2D eigenvalue weighted by Gasteiger charge is -2.40. The predicted octanol–water partition coefficient (Wildman–Crippen LogP) is 4.53. The smallest absolute Gasteiger partial charge is 0.350 e. The van der Waals surface area contributed by atoms with Gasteiger partial charge < -0.3 is 9.80 Å². The molecule has 1 aromatic carbocycles. The van der Waals surface area contributed by atoms with Gasteiger partial charge in [0.25, 0.3) is 0 Å². The molecule has 2 aliphatic rings. The van der Waals surface area contributed by atoms with Crippen LogP contribution in [0.2, 0.25) is 5.02 Å². The summed E-state index contributed by atoms with van der Waals surface area (Å²) in [6.45, 7) is 6.42. The number of piperazine rings is 1. The highest BCUT2D eigenvalue weighted by Crippen LogP contribution is 2.41. The second kappa shape index (κ2) is 11.4. The van der Waals surface area contributed by atoms with Crippen molar-refractivity contribution in [3.63, 3.8) is 0 Å². The molecule has 1 saturated carbocycles. The number of benzene rings is 1. The lowest BCUT2D eigenvalue weighted by atomic mass is 9.82. The topological polar surface area (TPSA) is 118 Å². The van der Waals surface area contributed by atoms with Crippen LogP contribution in [0.1, 0.15) is 37.8 Å². The van der Waals surface area contributed by atoms with Crippen LogP contribution in [0.4, 0.5) is 10.2 Å². The highest BCUT2D eigenvalue weighted by molar-refractivity contribution is 7.90. The molecule has 1 saturated heterocycles.